The van der Waals surface area contributed by atoms with E-state index >= 15 is 0 Å². The standard InChI is InChI=1S/C20H34FN5.HI/c1-4-22-20(23-9-8-18-6-5-7-19(21)14-18)24-15-17(2)16-26-12-10-25(3)11-13-26;/h5-7,14,17H,4,8-13,15-16H2,1-3H3,(H2,22,23,24);1H. The van der Waals surface area contributed by atoms with Crippen LogP contribution in [-0.4, -0.2) is 75.2 Å². The van der Waals surface area contributed by atoms with Crippen LogP contribution in [0.4, 0.5) is 4.39 Å². The molecule has 0 aromatic heterocycles. The fourth-order valence-electron chi connectivity index (χ4n) is 3.14. The Bertz CT molecular complexity index is 561. The first-order chi connectivity index (χ1) is 12.6. The number of rotatable bonds is 8. The molecule has 0 spiro atoms. The molecule has 0 radical (unpaired) electrons. The molecule has 1 fully saturated rings. The van der Waals surface area contributed by atoms with E-state index in [1.807, 2.05) is 6.07 Å². The third-order valence-electron chi connectivity index (χ3n) is 4.67. The first kappa shape index (κ1) is 24.1. The van der Waals surface area contributed by atoms with Crippen LogP contribution >= 0.6 is 24.0 Å². The van der Waals surface area contributed by atoms with Gasteiger partial charge in [0.1, 0.15) is 5.82 Å². The lowest BCUT2D eigenvalue weighted by atomic mass is 10.1. The molecule has 0 amide bonds. The van der Waals surface area contributed by atoms with Gasteiger partial charge in [-0.3, -0.25) is 4.99 Å². The van der Waals surface area contributed by atoms with Gasteiger partial charge in [-0.1, -0.05) is 19.1 Å². The fourth-order valence-corrected chi connectivity index (χ4v) is 3.14. The van der Waals surface area contributed by atoms with Gasteiger partial charge in [0.2, 0.25) is 0 Å². The summed E-state index contributed by atoms with van der Waals surface area (Å²) in [7, 11) is 2.18. The predicted octanol–water partition coefficient (Wildman–Crippen LogP) is 2.42. The Morgan fingerprint density at radius 3 is 2.63 bits per heavy atom. The molecule has 1 aromatic rings. The molecule has 1 atom stereocenters. The monoisotopic (exact) mass is 491 g/mol. The van der Waals surface area contributed by atoms with Gasteiger partial charge in [0, 0.05) is 52.4 Å². The highest BCUT2D eigenvalue weighted by Crippen LogP contribution is 2.05. The van der Waals surface area contributed by atoms with Crippen LogP contribution in [0.3, 0.4) is 0 Å². The molecule has 1 aliphatic rings. The molecule has 1 heterocycles. The van der Waals surface area contributed by atoms with Gasteiger partial charge in [-0.15, -0.1) is 24.0 Å². The van der Waals surface area contributed by atoms with Crippen LogP contribution in [0.5, 0.6) is 0 Å². The van der Waals surface area contributed by atoms with Crippen LogP contribution in [0.15, 0.2) is 29.3 Å². The average Bonchev–Trinajstić information content (AvgIpc) is 2.62. The number of benzene rings is 1. The normalized spacial score (nSPS) is 17.3. The van der Waals surface area contributed by atoms with E-state index in [0.29, 0.717) is 5.92 Å². The van der Waals surface area contributed by atoms with Crippen molar-refractivity contribution in [3.8, 4) is 0 Å². The molecule has 7 heteroatoms. The van der Waals surface area contributed by atoms with Crippen LogP contribution in [0, 0.1) is 11.7 Å². The van der Waals surface area contributed by atoms with Gasteiger partial charge in [-0.25, -0.2) is 4.39 Å². The maximum atomic E-state index is 13.2. The van der Waals surface area contributed by atoms with Gasteiger partial charge in [-0.2, -0.15) is 0 Å². The number of hydrogen-bond acceptors (Lipinski definition) is 3. The average molecular weight is 491 g/mol. The van der Waals surface area contributed by atoms with E-state index in [1.54, 1.807) is 12.1 Å². The SMILES string of the molecule is CCNC(=NCC(C)CN1CCN(C)CC1)NCCc1cccc(F)c1.I. The Morgan fingerprint density at radius 1 is 1.22 bits per heavy atom. The molecule has 2 rings (SSSR count). The first-order valence-corrected chi connectivity index (χ1v) is 9.74. The summed E-state index contributed by atoms with van der Waals surface area (Å²) in [6, 6.07) is 6.77. The van der Waals surface area contributed by atoms with E-state index in [9.17, 15) is 4.39 Å². The second kappa shape index (κ2) is 13.3. The summed E-state index contributed by atoms with van der Waals surface area (Å²) in [5, 5.41) is 6.64. The second-order valence-electron chi connectivity index (χ2n) is 7.24. The second-order valence-corrected chi connectivity index (χ2v) is 7.24. The molecule has 0 aliphatic carbocycles. The van der Waals surface area contributed by atoms with Gasteiger partial charge in [0.15, 0.2) is 5.96 Å². The number of guanidine groups is 1. The molecule has 0 saturated carbocycles. The van der Waals surface area contributed by atoms with E-state index in [4.69, 9.17) is 4.99 Å². The smallest absolute Gasteiger partial charge is 0.191 e. The Labute approximate surface area is 180 Å². The molecular formula is C20H35FIN5. The van der Waals surface area contributed by atoms with Gasteiger partial charge in [0.05, 0.1) is 0 Å². The maximum Gasteiger partial charge on any atom is 0.191 e. The van der Waals surface area contributed by atoms with Crippen molar-refractivity contribution in [2.75, 3.05) is 59.4 Å². The third kappa shape index (κ3) is 9.71. The minimum absolute atomic E-state index is 0. The van der Waals surface area contributed by atoms with Crippen molar-refractivity contribution in [3.63, 3.8) is 0 Å². The lowest BCUT2D eigenvalue weighted by Crippen LogP contribution is -2.46. The zero-order valence-electron chi connectivity index (χ0n) is 16.9. The summed E-state index contributed by atoms with van der Waals surface area (Å²) in [6.45, 7) is 12.4. The Hall–Kier alpha value is -0.930. The van der Waals surface area contributed by atoms with Crippen LogP contribution < -0.4 is 10.6 Å². The first-order valence-electron chi connectivity index (χ1n) is 9.74. The van der Waals surface area contributed by atoms with Crippen molar-refractivity contribution in [2.45, 2.75) is 20.3 Å². The zero-order valence-corrected chi connectivity index (χ0v) is 19.2. The number of likely N-dealkylation sites (N-methyl/N-ethyl adjacent to an activating group) is 1. The highest BCUT2D eigenvalue weighted by molar-refractivity contribution is 14.0. The van der Waals surface area contributed by atoms with Gasteiger partial charge in [-0.05, 0) is 44.0 Å². The molecule has 1 saturated heterocycles. The molecule has 27 heavy (non-hydrogen) atoms. The minimum atomic E-state index is -0.180. The van der Waals surface area contributed by atoms with Crippen molar-refractivity contribution < 1.29 is 4.39 Å². The lowest BCUT2D eigenvalue weighted by molar-refractivity contribution is 0.140. The fraction of sp³-hybridized carbons (Fsp3) is 0.650. The van der Waals surface area contributed by atoms with E-state index in [1.165, 1.54) is 6.07 Å². The van der Waals surface area contributed by atoms with Crippen LogP contribution in [0.2, 0.25) is 0 Å². The maximum absolute atomic E-state index is 13.2. The molecular weight excluding hydrogens is 456 g/mol. The Balaban J connectivity index is 0.00000364. The minimum Gasteiger partial charge on any atom is -0.357 e. The Kier molecular flexibility index (Phi) is 11.9. The lowest BCUT2D eigenvalue weighted by Gasteiger charge is -2.33. The Morgan fingerprint density at radius 2 is 1.96 bits per heavy atom. The zero-order chi connectivity index (χ0) is 18.8. The molecule has 1 aromatic carbocycles. The highest BCUT2D eigenvalue weighted by Gasteiger charge is 2.15. The highest BCUT2D eigenvalue weighted by atomic mass is 127. The predicted molar refractivity (Wildman–Crippen MR) is 123 cm³/mol. The van der Waals surface area contributed by atoms with E-state index < -0.39 is 0 Å². The van der Waals surface area contributed by atoms with Crippen molar-refractivity contribution in [3.05, 3.63) is 35.6 Å². The molecule has 1 unspecified atom stereocenters. The molecule has 0 bridgehead atoms. The number of hydrogen-bond donors (Lipinski definition) is 2. The summed E-state index contributed by atoms with van der Waals surface area (Å²) in [6.07, 6.45) is 0.777. The number of nitrogens with one attached hydrogen (secondary N) is 2. The summed E-state index contributed by atoms with van der Waals surface area (Å²) < 4.78 is 13.2. The molecule has 5 nitrogen and oxygen atoms in total. The third-order valence-corrected chi connectivity index (χ3v) is 4.67. The summed E-state index contributed by atoms with van der Waals surface area (Å²) in [5.74, 6) is 1.19. The van der Waals surface area contributed by atoms with Crippen LogP contribution in [0.1, 0.15) is 19.4 Å². The van der Waals surface area contributed by atoms with Crippen LogP contribution in [0.25, 0.3) is 0 Å². The van der Waals surface area contributed by atoms with E-state index in [0.717, 1.165) is 70.3 Å². The largest absolute Gasteiger partial charge is 0.357 e. The van der Waals surface area contributed by atoms with Gasteiger partial charge < -0.3 is 20.4 Å². The van der Waals surface area contributed by atoms with Crippen molar-refractivity contribution >= 4 is 29.9 Å². The van der Waals surface area contributed by atoms with Gasteiger partial charge in [0.25, 0.3) is 0 Å². The number of nitrogens with zero attached hydrogens (tertiary/aromatic N) is 3. The van der Waals surface area contributed by atoms with E-state index in [2.05, 4.69) is 41.3 Å². The van der Waals surface area contributed by atoms with Crippen LogP contribution in [-0.2, 0) is 6.42 Å². The topological polar surface area (TPSA) is 42.9 Å². The summed E-state index contributed by atoms with van der Waals surface area (Å²) in [4.78, 5) is 9.64. The number of piperazine rings is 1. The molecule has 154 valence electrons. The number of aliphatic imine (C=N–C) groups is 1. The van der Waals surface area contributed by atoms with E-state index in [-0.39, 0.29) is 29.8 Å². The van der Waals surface area contributed by atoms with Crippen molar-refractivity contribution in [1.29, 1.82) is 0 Å². The molecule has 2 N–H and O–H groups in total. The summed E-state index contributed by atoms with van der Waals surface area (Å²) in [5.41, 5.74) is 0.997. The summed E-state index contributed by atoms with van der Waals surface area (Å²) >= 11 is 0. The molecule has 1 aliphatic heterocycles. The van der Waals surface area contributed by atoms with Crippen molar-refractivity contribution in [1.82, 2.24) is 20.4 Å². The van der Waals surface area contributed by atoms with Crippen molar-refractivity contribution in [2.24, 2.45) is 10.9 Å². The number of halogens is 2. The van der Waals surface area contributed by atoms with Gasteiger partial charge >= 0.3 is 0 Å². The quantitative estimate of drug-likeness (QED) is 0.333.